The number of hydrogen-bond donors (Lipinski definition) is 1. The third-order valence-electron chi connectivity index (χ3n) is 6.29. The maximum absolute atomic E-state index is 13.6. The highest BCUT2D eigenvalue weighted by atomic mass is 19.1. The molecule has 2 aliphatic heterocycles. The molecule has 4 heterocycles. The molecule has 1 saturated heterocycles. The summed E-state index contributed by atoms with van der Waals surface area (Å²) in [7, 11) is 2.15. The number of carbonyl (C=O) groups is 1. The van der Waals surface area contributed by atoms with Gasteiger partial charge in [0.1, 0.15) is 17.3 Å². The van der Waals surface area contributed by atoms with E-state index in [1.807, 2.05) is 6.92 Å². The smallest absolute Gasteiger partial charge is 0.271 e. The first-order valence-electron chi connectivity index (χ1n) is 10.2. The number of H-pyrrole nitrogens is 1. The van der Waals surface area contributed by atoms with E-state index >= 15 is 0 Å². The lowest BCUT2D eigenvalue weighted by molar-refractivity contribution is 0.0699. The Hall–Kier alpha value is -2.74. The Morgan fingerprint density at radius 3 is 2.93 bits per heavy atom. The minimum Gasteiger partial charge on any atom is -0.350 e. The molecule has 1 amide bonds. The first kappa shape index (κ1) is 18.3. The molecular weight excluding hydrogens is 371 g/mol. The molecule has 29 heavy (non-hydrogen) atoms. The van der Waals surface area contributed by atoms with Gasteiger partial charge in [-0.2, -0.15) is 0 Å². The second-order valence-corrected chi connectivity index (χ2v) is 8.27. The van der Waals surface area contributed by atoms with Crippen LogP contribution in [-0.2, 0) is 13.1 Å². The number of carbonyl (C=O) groups excluding carboxylic acids is 1. The normalized spacial score (nSPS) is 20.2. The van der Waals surface area contributed by atoms with E-state index in [-0.39, 0.29) is 11.7 Å². The first-order chi connectivity index (χ1) is 14.0. The van der Waals surface area contributed by atoms with Crippen molar-refractivity contribution in [2.75, 3.05) is 26.7 Å². The van der Waals surface area contributed by atoms with E-state index in [0.29, 0.717) is 31.2 Å². The number of hydrogen-bond acceptors (Lipinski definition) is 4. The van der Waals surface area contributed by atoms with Crippen molar-refractivity contribution in [2.45, 2.75) is 38.8 Å². The van der Waals surface area contributed by atoms with Crippen LogP contribution in [0, 0.1) is 12.7 Å². The van der Waals surface area contributed by atoms with Crippen LogP contribution < -0.4 is 0 Å². The van der Waals surface area contributed by atoms with Crippen molar-refractivity contribution >= 4 is 16.8 Å². The van der Waals surface area contributed by atoms with E-state index in [2.05, 4.69) is 31.7 Å². The number of aromatic amines is 1. The van der Waals surface area contributed by atoms with Crippen molar-refractivity contribution in [3.8, 4) is 0 Å². The number of rotatable bonds is 2. The van der Waals surface area contributed by atoms with Crippen LogP contribution in [-0.4, -0.2) is 62.1 Å². The monoisotopic (exact) mass is 396 g/mol. The molecule has 8 heteroatoms. The second-order valence-electron chi connectivity index (χ2n) is 8.27. The van der Waals surface area contributed by atoms with E-state index in [4.69, 9.17) is 0 Å². The molecule has 0 saturated carbocycles. The zero-order chi connectivity index (χ0) is 20.1. The SMILES string of the molecule is Cc1c(C(=O)N2CCn3c(nnc3C3CCCN(C)C3)C2)[nH]c2ccc(F)cc12. The van der Waals surface area contributed by atoms with Gasteiger partial charge in [-0.3, -0.25) is 4.79 Å². The van der Waals surface area contributed by atoms with E-state index in [1.54, 1.807) is 11.0 Å². The predicted molar refractivity (Wildman–Crippen MR) is 107 cm³/mol. The Morgan fingerprint density at radius 1 is 1.24 bits per heavy atom. The van der Waals surface area contributed by atoms with Gasteiger partial charge >= 0.3 is 0 Å². The van der Waals surface area contributed by atoms with Crippen molar-refractivity contribution < 1.29 is 9.18 Å². The zero-order valence-corrected chi connectivity index (χ0v) is 16.8. The van der Waals surface area contributed by atoms with Gasteiger partial charge in [-0.25, -0.2) is 4.39 Å². The average Bonchev–Trinajstić information content (AvgIpc) is 3.28. The predicted octanol–water partition coefficient (Wildman–Crippen LogP) is 2.67. The summed E-state index contributed by atoms with van der Waals surface area (Å²) in [6.07, 6.45) is 2.31. The van der Waals surface area contributed by atoms with Crippen molar-refractivity contribution in [3.05, 3.63) is 46.9 Å². The molecule has 1 N–H and O–H groups in total. The van der Waals surface area contributed by atoms with Crippen LogP contribution in [0.3, 0.4) is 0 Å². The van der Waals surface area contributed by atoms with Crippen molar-refractivity contribution in [3.63, 3.8) is 0 Å². The van der Waals surface area contributed by atoms with Gasteiger partial charge < -0.3 is 19.4 Å². The maximum atomic E-state index is 13.6. The van der Waals surface area contributed by atoms with Crippen LogP contribution in [0.25, 0.3) is 10.9 Å². The summed E-state index contributed by atoms with van der Waals surface area (Å²) in [5.74, 6) is 1.92. The molecule has 2 aromatic heterocycles. The molecule has 0 bridgehead atoms. The summed E-state index contributed by atoms with van der Waals surface area (Å²) in [5, 5.41) is 9.63. The quantitative estimate of drug-likeness (QED) is 0.723. The van der Waals surface area contributed by atoms with Gasteiger partial charge in [0.15, 0.2) is 5.82 Å². The molecule has 152 valence electrons. The Labute approximate surface area is 168 Å². The Morgan fingerprint density at radius 2 is 2.10 bits per heavy atom. The Bertz CT molecular complexity index is 1090. The highest BCUT2D eigenvalue weighted by Crippen LogP contribution is 2.28. The number of aryl methyl sites for hydroxylation is 1. The number of amides is 1. The molecule has 1 fully saturated rings. The number of piperidine rings is 1. The lowest BCUT2D eigenvalue weighted by Crippen LogP contribution is -2.40. The van der Waals surface area contributed by atoms with Crippen LogP contribution in [0.15, 0.2) is 18.2 Å². The lowest BCUT2D eigenvalue weighted by atomic mass is 9.97. The highest BCUT2D eigenvalue weighted by molar-refractivity contribution is 6.00. The molecule has 7 nitrogen and oxygen atoms in total. The number of likely N-dealkylation sites (tertiary alicyclic amines) is 1. The van der Waals surface area contributed by atoms with Crippen LogP contribution in [0.2, 0.25) is 0 Å². The molecule has 1 aromatic carbocycles. The van der Waals surface area contributed by atoms with Crippen LogP contribution in [0.1, 0.15) is 46.5 Å². The Kier molecular flexibility index (Phi) is 4.38. The molecule has 3 aromatic rings. The van der Waals surface area contributed by atoms with E-state index in [1.165, 1.54) is 18.6 Å². The largest absolute Gasteiger partial charge is 0.350 e. The lowest BCUT2D eigenvalue weighted by Gasteiger charge is -2.32. The highest BCUT2D eigenvalue weighted by Gasteiger charge is 2.30. The summed E-state index contributed by atoms with van der Waals surface area (Å²) >= 11 is 0. The molecule has 2 aliphatic rings. The fraction of sp³-hybridized carbons (Fsp3) is 0.476. The summed E-state index contributed by atoms with van der Waals surface area (Å²) in [6.45, 7) is 5.76. The van der Waals surface area contributed by atoms with Gasteiger partial charge in [0.05, 0.1) is 6.54 Å². The standard InChI is InChI=1S/C21H25FN6O/c1-13-16-10-15(22)5-6-17(16)23-19(13)21(29)27-8-9-28-18(12-27)24-25-20(28)14-4-3-7-26(2)11-14/h5-6,10,14,23H,3-4,7-9,11-12H2,1-2H3. The Balaban J connectivity index is 1.39. The third-order valence-corrected chi connectivity index (χ3v) is 6.29. The number of aromatic nitrogens is 4. The molecular formula is C21H25FN6O. The number of fused-ring (bicyclic) bond motifs is 2. The van der Waals surface area contributed by atoms with Gasteiger partial charge in [0.2, 0.25) is 0 Å². The van der Waals surface area contributed by atoms with E-state index in [9.17, 15) is 9.18 Å². The van der Waals surface area contributed by atoms with Crippen LogP contribution in [0.5, 0.6) is 0 Å². The van der Waals surface area contributed by atoms with Gasteiger partial charge in [0, 0.05) is 36.5 Å². The molecule has 1 atom stereocenters. The summed E-state index contributed by atoms with van der Waals surface area (Å²) in [5.41, 5.74) is 2.08. The average molecular weight is 396 g/mol. The van der Waals surface area contributed by atoms with Gasteiger partial charge in [-0.15, -0.1) is 10.2 Å². The fourth-order valence-corrected chi connectivity index (χ4v) is 4.70. The van der Waals surface area contributed by atoms with Crippen molar-refractivity contribution in [2.24, 2.45) is 0 Å². The van der Waals surface area contributed by atoms with Crippen molar-refractivity contribution in [1.82, 2.24) is 29.5 Å². The number of nitrogens with zero attached hydrogens (tertiary/aromatic N) is 5. The topological polar surface area (TPSA) is 70.1 Å². The molecule has 0 aliphatic carbocycles. The number of benzene rings is 1. The van der Waals surface area contributed by atoms with Gasteiger partial charge in [-0.1, -0.05) is 0 Å². The fourth-order valence-electron chi connectivity index (χ4n) is 4.70. The van der Waals surface area contributed by atoms with Gasteiger partial charge in [0.25, 0.3) is 5.91 Å². The molecule has 0 radical (unpaired) electrons. The maximum Gasteiger partial charge on any atom is 0.271 e. The number of nitrogens with one attached hydrogen (secondary N) is 1. The minimum atomic E-state index is -0.300. The summed E-state index contributed by atoms with van der Waals surface area (Å²) in [4.78, 5) is 20.5. The third kappa shape index (κ3) is 3.11. The zero-order valence-electron chi connectivity index (χ0n) is 16.8. The molecule has 0 spiro atoms. The molecule has 5 rings (SSSR count). The van der Waals surface area contributed by atoms with Crippen LogP contribution in [0.4, 0.5) is 4.39 Å². The van der Waals surface area contributed by atoms with E-state index < -0.39 is 0 Å². The number of likely N-dealkylation sites (N-methyl/N-ethyl adjacent to an activating group) is 1. The first-order valence-corrected chi connectivity index (χ1v) is 10.2. The van der Waals surface area contributed by atoms with Gasteiger partial charge in [-0.05, 0) is 57.1 Å². The second kappa shape index (κ2) is 6.95. The van der Waals surface area contributed by atoms with Crippen LogP contribution >= 0.6 is 0 Å². The minimum absolute atomic E-state index is 0.0766. The summed E-state index contributed by atoms with van der Waals surface area (Å²) < 4.78 is 15.8. The van der Waals surface area contributed by atoms with E-state index in [0.717, 1.165) is 47.6 Å². The van der Waals surface area contributed by atoms with Crippen molar-refractivity contribution in [1.29, 1.82) is 0 Å². The molecule has 1 unspecified atom stereocenters. The summed E-state index contributed by atoms with van der Waals surface area (Å²) in [6, 6.07) is 4.55. The number of halogens is 1.